The van der Waals surface area contributed by atoms with Gasteiger partial charge in [0, 0.05) is 10.7 Å². The van der Waals surface area contributed by atoms with Gasteiger partial charge in [0.2, 0.25) is 0 Å². The average Bonchev–Trinajstić information content (AvgIpc) is 2.83. The molecule has 0 aliphatic heterocycles. The maximum absolute atomic E-state index is 12.3. The van der Waals surface area contributed by atoms with Crippen LogP contribution in [0, 0.1) is 0 Å². The van der Waals surface area contributed by atoms with E-state index in [0.717, 1.165) is 6.20 Å². The lowest BCUT2D eigenvalue weighted by Gasteiger charge is -2.06. The first-order chi connectivity index (χ1) is 7.89. The first kappa shape index (κ1) is 13.0. The van der Waals surface area contributed by atoms with E-state index in [1.54, 1.807) is 11.4 Å². The van der Waals surface area contributed by atoms with Crippen molar-refractivity contribution in [3.63, 3.8) is 0 Å². The van der Waals surface area contributed by atoms with Gasteiger partial charge in [0.25, 0.3) is 0 Å². The van der Waals surface area contributed by atoms with Crippen LogP contribution >= 0.6 is 38.6 Å². The highest BCUT2D eigenvalue weighted by atomic mass is 79.9. The lowest BCUT2D eigenvalue weighted by molar-refractivity contribution is -0.137. The van der Waals surface area contributed by atoms with Crippen LogP contribution in [-0.2, 0) is 6.18 Å². The lowest BCUT2D eigenvalue weighted by atomic mass is 10.2. The van der Waals surface area contributed by atoms with Crippen LogP contribution in [0.25, 0.3) is 0 Å². The Hall–Kier alpha value is -0.440. The molecule has 1 atom stereocenters. The Kier molecular flexibility index (Phi) is 3.58. The third-order valence-electron chi connectivity index (χ3n) is 1.93. The van der Waals surface area contributed by atoms with Gasteiger partial charge in [-0.1, -0.05) is 0 Å². The first-order valence-electron chi connectivity index (χ1n) is 4.33. The highest BCUT2D eigenvalue weighted by Gasteiger charge is 2.35. The van der Waals surface area contributed by atoms with Crippen LogP contribution in [-0.4, -0.2) is 10.1 Å². The van der Waals surface area contributed by atoms with Crippen molar-refractivity contribution in [2.45, 2.75) is 12.3 Å². The summed E-state index contributed by atoms with van der Waals surface area (Å²) in [5.74, 6) is 0. The van der Waals surface area contributed by atoms with Gasteiger partial charge >= 0.3 is 6.18 Å². The van der Waals surface area contributed by atoms with Crippen LogP contribution in [0.1, 0.15) is 20.9 Å². The Morgan fingerprint density at radius 3 is 2.59 bits per heavy atom. The van der Waals surface area contributed by atoms with Crippen molar-refractivity contribution in [2.75, 3.05) is 0 Å². The SMILES string of the molecule is OC(c1cnc(C(F)(F)F)s1)c1sccc1Br. The highest BCUT2D eigenvalue weighted by molar-refractivity contribution is 9.10. The number of hydrogen-bond acceptors (Lipinski definition) is 4. The topological polar surface area (TPSA) is 33.1 Å². The molecule has 2 heterocycles. The van der Waals surface area contributed by atoms with Crippen LogP contribution in [0.4, 0.5) is 13.2 Å². The standard InChI is InChI=1S/C9H5BrF3NOS2/c10-4-1-2-16-7(4)6(15)5-3-14-8(17-5)9(11,12)13/h1-3,6,15H. The number of rotatable bonds is 2. The zero-order chi connectivity index (χ0) is 12.6. The molecular formula is C9H5BrF3NOS2. The van der Waals surface area contributed by atoms with E-state index < -0.39 is 17.3 Å². The predicted molar refractivity (Wildman–Crippen MR) is 63.2 cm³/mol. The van der Waals surface area contributed by atoms with E-state index in [9.17, 15) is 18.3 Å². The summed E-state index contributed by atoms with van der Waals surface area (Å²) in [4.78, 5) is 4.02. The van der Waals surface area contributed by atoms with Gasteiger partial charge in [-0.2, -0.15) is 13.2 Å². The molecule has 0 spiro atoms. The molecule has 1 unspecified atom stereocenters. The molecule has 2 rings (SSSR count). The molecule has 0 radical (unpaired) electrons. The minimum atomic E-state index is -4.46. The number of halogens is 4. The van der Waals surface area contributed by atoms with Crippen LogP contribution < -0.4 is 0 Å². The Morgan fingerprint density at radius 1 is 1.41 bits per heavy atom. The molecule has 0 aliphatic carbocycles. The van der Waals surface area contributed by atoms with E-state index in [4.69, 9.17) is 0 Å². The summed E-state index contributed by atoms with van der Waals surface area (Å²) in [5.41, 5.74) is 0. The Morgan fingerprint density at radius 2 is 2.12 bits per heavy atom. The molecule has 0 aromatic carbocycles. The second-order valence-corrected chi connectivity index (χ2v) is 5.97. The molecular weight excluding hydrogens is 339 g/mol. The van der Waals surface area contributed by atoms with E-state index in [1.807, 2.05) is 0 Å². The van der Waals surface area contributed by atoms with Crippen molar-refractivity contribution in [3.05, 3.63) is 36.9 Å². The second kappa shape index (κ2) is 4.68. The third-order valence-corrected chi connectivity index (χ3v) is 4.95. The van der Waals surface area contributed by atoms with Gasteiger partial charge in [-0.15, -0.1) is 22.7 Å². The molecule has 0 aliphatic rings. The second-order valence-electron chi connectivity index (χ2n) is 3.10. The molecule has 0 amide bonds. The number of alkyl halides is 3. The number of aromatic nitrogens is 1. The van der Waals surface area contributed by atoms with Crippen LogP contribution in [0.3, 0.4) is 0 Å². The Labute approximate surface area is 111 Å². The summed E-state index contributed by atoms with van der Waals surface area (Å²) in [5, 5.41) is 10.7. The lowest BCUT2D eigenvalue weighted by Crippen LogP contribution is -2.03. The van der Waals surface area contributed by atoms with Crippen LogP contribution in [0.15, 0.2) is 22.1 Å². The number of nitrogens with zero attached hydrogens (tertiary/aromatic N) is 1. The smallest absolute Gasteiger partial charge is 0.382 e. The molecule has 2 aromatic rings. The summed E-state index contributed by atoms with van der Waals surface area (Å²) in [7, 11) is 0. The van der Waals surface area contributed by atoms with Gasteiger partial charge in [0.1, 0.15) is 6.10 Å². The highest BCUT2D eigenvalue weighted by Crippen LogP contribution is 2.38. The maximum Gasteiger partial charge on any atom is 0.443 e. The summed E-state index contributed by atoms with van der Waals surface area (Å²) >= 11 is 4.95. The molecule has 0 saturated heterocycles. The number of aliphatic hydroxyl groups is 1. The van der Waals surface area contributed by atoms with Gasteiger partial charge in [-0.25, -0.2) is 4.98 Å². The van der Waals surface area contributed by atoms with Crippen molar-refractivity contribution in [1.29, 1.82) is 0 Å². The number of thiophene rings is 1. The summed E-state index contributed by atoms with van der Waals surface area (Å²) in [6.45, 7) is 0. The third kappa shape index (κ3) is 2.70. The van der Waals surface area contributed by atoms with Gasteiger partial charge < -0.3 is 5.11 Å². The fourth-order valence-electron chi connectivity index (χ4n) is 1.17. The van der Waals surface area contributed by atoms with E-state index in [-0.39, 0.29) is 4.88 Å². The molecule has 2 aromatic heterocycles. The van der Waals surface area contributed by atoms with Crippen LogP contribution in [0.5, 0.6) is 0 Å². The number of thiazole rings is 1. The quantitative estimate of drug-likeness (QED) is 0.891. The van der Waals surface area contributed by atoms with Gasteiger partial charge in [-0.05, 0) is 27.4 Å². The van der Waals surface area contributed by atoms with E-state index >= 15 is 0 Å². The van der Waals surface area contributed by atoms with Gasteiger partial charge in [0.15, 0.2) is 5.01 Å². The van der Waals surface area contributed by atoms with Crippen molar-refractivity contribution in [1.82, 2.24) is 4.98 Å². The molecule has 2 nitrogen and oxygen atoms in total. The first-order valence-corrected chi connectivity index (χ1v) is 6.82. The molecule has 0 saturated carbocycles. The predicted octanol–water partition coefficient (Wildman–Crippen LogP) is 4.07. The number of hydrogen-bond donors (Lipinski definition) is 1. The number of aliphatic hydroxyl groups excluding tert-OH is 1. The molecule has 8 heteroatoms. The Balaban J connectivity index is 2.30. The van der Waals surface area contributed by atoms with Crippen LogP contribution in [0.2, 0.25) is 0 Å². The van der Waals surface area contributed by atoms with Crippen molar-refractivity contribution in [3.8, 4) is 0 Å². The monoisotopic (exact) mass is 343 g/mol. The summed E-state index contributed by atoms with van der Waals surface area (Å²) in [6.07, 6.45) is -4.47. The van der Waals surface area contributed by atoms with Gasteiger partial charge in [0.05, 0.1) is 9.75 Å². The van der Waals surface area contributed by atoms with Gasteiger partial charge in [-0.3, -0.25) is 0 Å². The zero-order valence-corrected chi connectivity index (χ0v) is 11.3. The van der Waals surface area contributed by atoms with E-state index in [1.165, 1.54) is 11.3 Å². The maximum atomic E-state index is 12.3. The van der Waals surface area contributed by atoms with E-state index in [2.05, 4.69) is 20.9 Å². The minimum Gasteiger partial charge on any atom is -0.382 e. The summed E-state index contributed by atoms with van der Waals surface area (Å²) in [6, 6.07) is 1.73. The molecule has 0 bridgehead atoms. The van der Waals surface area contributed by atoms with Crippen molar-refractivity contribution in [2.24, 2.45) is 0 Å². The summed E-state index contributed by atoms with van der Waals surface area (Å²) < 4.78 is 37.7. The van der Waals surface area contributed by atoms with Crippen molar-refractivity contribution < 1.29 is 18.3 Å². The average molecular weight is 344 g/mol. The zero-order valence-electron chi connectivity index (χ0n) is 8.03. The fourth-order valence-corrected chi connectivity index (χ4v) is 3.62. The molecule has 0 fully saturated rings. The van der Waals surface area contributed by atoms with Crippen molar-refractivity contribution >= 4 is 38.6 Å². The molecule has 17 heavy (non-hydrogen) atoms. The largest absolute Gasteiger partial charge is 0.443 e. The van der Waals surface area contributed by atoms with E-state index in [0.29, 0.717) is 20.7 Å². The normalized spacial score (nSPS) is 13.9. The Bertz CT molecular complexity index is 522. The fraction of sp³-hybridized carbons (Fsp3) is 0.222. The molecule has 92 valence electrons. The minimum absolute atomic E-state index is 0.181. The molecule has 1 N–H and O–H groups in total.